The maximum atomic E-state index is 13.5. The van der Waals surface area contributed by atoms with E-state index in [1.165, 1.54) is 5.56 Å². The minimum atomic E-state index is -0.651. The molecule has 6 nitrogen and oxygen atoms in total. The molecule has 2 aliphatic rings. The van der Waals surface area contributed by atoms with Crippen molar-refractivity contribution in [1.29, 1.82) is 0 Å². The minimum Gasteiger partial charge on any atom is -0.485 e. The summed E-state index contributed by atoms with van der Waals surface area (Å²) in [5.41, 5.74) is 1.27. The summed E-state index contributed by atoms with van der Waals surface area (Å²) in [6, 6.07) is 18.0. The Morgan fingerprint density at radius 3 is 2.66 bits per heavy atom. The van der Waals surface area contributed by atoms with Crippen LogP contribution in [0.15, 0.2) is 67.0 Å². The largest absolute Gasteiger partial charge is 0.485 e. The second kappa shape index (κ2) is 7.28. The lowest BCUT2D eigenvalue weighted by molar-refractivity contribution is -0.142. The smallest absolute Gasteiger partial charge is 0.267 e. The van der Waals surface area contributed by atoms with E-state index in [2.05, 4.69) is 17.1 Å². The molecule has 2 heterocycles. The Hall–Kier alpha value is -3.28. The van der Waals surface area contributed by atoms with Crippen molar-refractivity contribution in [3.63, 3.8) is 0 Å². The molecule has 0 spiro atoms. The number of rotatable bonds is 5. The van der Waals surface area contributed by atoms with Crippen LogP contribution in [0.5, 0.6) is 11.5 Å². The predicted molar refractivity (Wildman–Crippen MR) is 108 cm³/mol. The highest BCUT2D eigenvalue weighted by atomic mass is 16.6. The molecule has 1 aromatic heterocycles. The van der Waals surface area contributed by atoms with E-state index < -0.39 is 6.10 Å². The Bertz CT molecular complexity index is 1020. The van der Waals surface area contributed by atoms with Crippen molar-refractivity contribution in [2.24, 2.45) is 7.05 Å². The Morgan fingerprint density at radius 2 is 1.90 bits per heavy atom. The molecule has 0 bridgehead atoms. The fourth-order valence-electron chi connectivity index (χ4n) is 3.97. The van der Waals surface area contributed by atoms with Crippen LogP contribution in [0.3, 0.4) is 0 Å². The molecule has 1 aliphatic heterocycles. The maximum absolute atomic E-state index is 13.5. The van der Waals surface area contributed by atoms with Gasteiger partial charge in [-0.1, -0.05) is 42.5 Å². The lowest BCUT2D eigenvalue weighted by Gasteiger charge is -2.31. The van der Waals surface area contributed by atoms with E-state index in [4.69, 9.17) is 9.47 Å². The zero-order chi connectivity index (χ0) is 19.8. The van der Waals surface area contributed by atoms with Crippen LogP contribution < -0.4 is 9.47 Å². The summed E-state index contributed by atoms with van der Waals surface area (Å²) < 4.78 is 13.7. The third-order valence-electron chi connectivity index (χ3n) is 5.68. The Labute approximate surface area is 169 Å². The average molecular weight is 389 g/mol. The molecule has 2 aromatic carbocycles. The second-order valence-corrected chi connectivity index (χ2v) is 7.60. The normalized spacial score (nSPS) is 22.2. The van der Waals surface area contributed by atoms with E-state index in [1.54, 1.807) is 6.20 Å². The number of imidazole rings is 1. The van der Waals surface area contributed by atoms with Crippen molar-refractivity contribution in [1.82, 2.24) is 14.5 Å². The highest BCUT2D eigenvalue weighted by molar-refractivity contribution is 5.82. The van der Waals surface area contributed by atoms with E-state index in [0.29, 0.717) is 24.0 Å². The number of aryl methyl sites for hydroxylation is 1. The quantitative estimate of drug-likeness (QED) is 0.673. The van der Waals surface area contributed by atoms with Crippen molar-refractivity contribution >= 4 is 5.91 Å². The summed E-state index contributed by atoms with van der Waals surface area (Å²) in [5, 5.41) is 0. The van der Waals surface area contributed by atoms with E-state index in [9.17, 15) is 4.79 Å². The fraction of sp³-hybridized carbons (Fsp3) is 0.304. The Kier molecular flexibility index (Phi) is 4.46. The number of carbonyl (C=O) groups excluding carboxylic acids is 1. The number of nitrogens with zero attached hydrogens (tertiary/aromatic N) is 3. The Balaban J connectivity index is 1.39. The van der Waals surface area contributed by atoms with Crippen LogP contribution in [-0.2, 0) is 18.4 Å². The maximum Gasteiger partial charge on any atom is 0.267 e. The van der Waals surface area contributed by atoms with Gasteiger partial charge in [-0.25, -0.2) is 4.98 Å². The third kappa shape index (κ3) is 3.46. The van der Waals surface area contributed by atoms with E-state index in [1.807, 2.05) is 65.2 Å². The van der Waals surface area contributed by atoms with Gasteiger partial charge in [-0.2, -0.15) is 0 Å². The van der Waals surface area contributed by atoms with Gasteiger partial charge in [0.2, 0.25) is 6.10 Å². The van der Waals surface area contributed by atoms with Gasteiger partial charge in [-0.3, -0.25) is 4.79 Å². The molecule has 3 aromatic rings. The lowest BCUT2D eigenvalue weighted by Crippen LogP contribution is -2.47. The lowest BCUT2D eigenvalue weighted by atomic mass is 10.1. The van der Waals surface area contributed by atoms with Crippen LogP contribution in [0.25, 0.3) is 0 Å². The summed E-state index contributed by atoms with van der Waals surface area (Å²) in [5.74, 6) is 2.45. The molecule has 1 aliphatic carbocycles. The number of benzene rings is 2. The van der Waals surface area contributed by atoms with Gasteiger partial charge in [0.1, 0.15) is 12.4 Å². The van der Waals surface area contributed by atoms with Gasteiger partial charge in [0.25, 0.3) is 5.91 Å². The van der Waals surface area contributed by atoms with Gasteiger partial charge < -0.3 is 18.9 Å². The molecule has 6 heteroatoms. The standard InChI is InChI=1S/C23H23N3O3/c1-25-12-11-24-22(25)14-26(18-13-17(18)16-7-3-2-4-8-16)23(27)21-15-28-19-9-5-6-10-20(19)29-21/h2-12,17-18,21H,13-15H2,1H3/t17-,18-,21-/m1/s1. The first-order chi connectivity index (χ1) is 14.2. The number of fused-ring (bicyclic) bond motifs is 1. The molecule has 1 fully saturated rings. The number of hydrogen-bond acceptors (Lipinski definition) is 4. The molecule has 0 saturated heterocycles. The topological polar surface area (TPSA) is 56.6 Å². The van der Waals surface area contributed by atoms with Crippen molar-refractivity contribution in [2.45, 2.75) is 31.0 Å². The van der Waals surface area contributed by atoms with Crippen molar-refractivity contribution in [3.8, 4) is 11.5 Å². The molecule has 1 amide bonds. The summed E-state index contributed by atoms with van der Waals surface area (Å²) in [4.78, 5) is 19.8. The third-order valence-corrected chi connectivity index (χ3v) is 5.68. The van der Waals surface area contributed by atoms with Crippen molar-refractivity contribution in [2.75, 3.05) is 6.61 Å². The van der Waals surface area contributed by atoms with Crippen molar-refractivity contribution in [3.05, 3.63) is 78.4 Å². The summed E-state index contributed by atoms with van der Waals surface area (Å²) in [6.45, 7) is 0.674. The van der Waals surface area contributed by atoms with Gasteiger partial charge in [0.05, 0.1) is 6.54 Å². The van der Waals surface area contributed by atoms with Crippen LogP contribution in [0.1, 0.15) is 23.7 Å². The van der Waals surface area contributed by atoms with Gasteiger partial charge in [-0.15, -0.1) is 0 Å². The summed E-state index contributed by atoms with van der Waals surface area (Å²) in [6.07, 6.45) is 3.96. The minimum absolute atomic E-state index is 0.0501. The van der Waals surface area contributed by atoms with Gasteiger partial charge in [-0.05, 0) is 24.1 Å². The van der Waals surface area contributed by atoms with Crippen LogP contribution in [0.2, 0.25) is 0 Å². The van der Waals surface area contributed by atoms with Gasteiger partial charge in [0.15, 0.2) is 11.5 Å². The highest BCUT2D eigenvalue weighted by Crippen LogP contribution is 2.45. The number of aromatic nitrogens is 2. The molecule has 5 rings (SSSR count). The molecular weight excluding hydrogens is 366 g/mol. The fourth-order valence-corrected chi connectivity index (χ4v) is 3.97. The summed E-state index contributed by atoms with van der Waals surface area (Å²) in [7, 11) is 1.95. The highest BCUT2D eigenvalue weighted by Gasteiger charge is 2.47. The molecule has 0 N–H and O–H groups in total. The molecule has 148 valence electrons. The van der Waals surface area contributed by atoms with Crippen LogP contribution in [0, 0.1) is 0 Å². The number of amides is 1. The first-order valence-corrected chi connectivity index (χ1v) is 9.91. The second-order valence-electron chi connectivity index (χ2n) is 7.60. The van der Waals surface area contributed by atoms with E-state index in [-0.39, 0.29) is 18.6 Å². The first kappa shape index (κ1) is 17.8. The molecule has 3 atom stereocenters. The molecule has 0 radical (unpaired) electrons. The number of ether oxygens (including phenoxy) is 2. The predicted octanol–water partition coefficient (Wildman–Crippen LogP) is 3.14. The van der Waals surface area contributed by atoms with Gasteiger partial charge in [0, 0.05) is 31.4 Å². The molecule has 1 saturated carbocycles. The number of carbonyl (C=O) groups is 1. The van der Waals surface area contributed by atoms with Crippen molar-refractivity contribution < 1.29 is 14.3 Å². The number of para-hydroxylation sites is 2. The van der Waals surface area contributed by atoms with Crippen LogP contribution in [-0.4, -0.2) is 39.1 Å². The number of hydrogen-bond donors (Lipinski definition) is 0. The van der Waals surface area contributed by atoms with Crippen LogP contribution in [0.4, 0.5) is 0 Å². The summed E-state index contributed by atoms with van der Waals surface area (Å²) >= 11 is 0. The molecular formula is C23H23N3O3. The monoisotopic (exact) mass is 389 g/mol. The zero-order valence-electron chi connectivity index (χ0n) is 16.3. The van der Waals surface area contributed by atoms with E-state index in [0.717, 1.165) is 12.2 Å². The first-order valence-electron chi connectivity index (χ1n) is 9.91. The van der Waals surface area contributed by atoms with E-state index >= 15 is 0 Å². The average Bonchev–Trinajstić information content (AvgIpc) is 3.46. The molecule has 0 unspecified atom stereocenters. The van der Waals surface area contributed by atoms with Gasteiger partial charge >= 0.3 is 0 Å². The Morgan fingerprint density at radius 1 is 1.14 bits per heavy atom. The SMILES string of the molecule is Cn1ccnc1CN(C(=O)[C@H]1COc2ccccc2O1)[C@@H]1C[C@@H]1c1ccccc1. The van der Waals surface area contributed by atoms with Crippen LogP contribution >= 0.6 is 0 Å². The zero-order valence-corrected chi connectivity index (χ0v) is 16.3. The molecule has 29 heavy (non-hydrogen) atoms.